The second kappa shape index (κ2) is 2.82. The number of hydrogen-bond donors (Lipinski definition) is 0. The van der Waals surface area contributed by atoms with E-state index in [1.165, 1.54) is 24.0 Å². The van der Waals surface area contributed by atoms with E-state index >= 15 is 0 Å². The normalized spacial score (nSPS) is 40.4. The molecular formula is C15H20O. The molecule has 1 aromatic rings. The van der Waals surface area contributed by atoms with E-state index in [4.69, 9.17) is 4.74 Å². The average Bonchev–Trinajstić information content (AvgIpc) is 2.40. The topological polar surface area (TPSA) is 9.23 Å². The van der Waals surface area contributed by atoms with Gasteiger partial charge in [-0.2, -0.15) is 0 Å². The summed E-state index contributed by atoms with van der Waals surface area (Å²) in [6.07, 6.45) is 2.43. The molecule has 0 amide bonds. The third-order valence-electron chi connectivity index (χ3n) is 5.11. The van der Waals surface area contributed by atoms with Crippen LogP contribution in [-0.4, -0.2) is 5.60 Å². The van der Waals surface area contributed by atoms with Crippen LogP contribution >= 0.6 is 0 Å². The Balaban J connectivity index is 2.22. The molecule has 0 radical (unpaired) electrons. The molecule has 1 nitrogen and oxygen atoms in total. The zero-order valence-electron chi connectivity index (χ0n) is 10.6. The summed E-state index contributed by atoms with van der Waals surface area (Å²) in [5.41, 5.74) is 3.08. The van der Waals surface area contributed by atoms with Crippen LogP contribution < -0.4 is 4.74 Å². The van der Waals surface area contributed by atoms with Crippen LogP contribution in [0.1, 0.15) is 44.7 Å². The van der Waals surface area contributed by atoms with Crippen molar-refractivity contribution in [1.82, 2.24) is 0 Å². The van der Waals surface area contributed by atoms with Gasteiger partial charge in [-0.1, -0.05) is 26.0 Å². The Kier molecular flexibility index (Phi) is 1.80. The van der Waals surface area contributed by atoms with Crippen molar-refractivity contribution in [1.29, 1.82) is 0 Å². The van der Waals surface area contributed by atoms with Crippen molar-refractivity contribution in [2.45, 2.75) is 51.6 Å². The van der Waals surface area contributed by atoms with E-state index in [2.05, 4.69) is 45.9 Å². The predicted molar refractivity (Wildman–Crippen MR) is 66.0 cm³/mol. The molecule has 3 rings (SSSR count). The van der Waals surface area contributed by atoms with Gasteiger partial charge in [0.05, 0.1) is 0 Å². The Bertz CT molecular complexity index is 451. The van der Waals surface area contributed by atoms with Crippen LogP contribution in [0.15, 0.2) is 18.2 Å². The molecule has 1 saturated carbocycles. The monoisotopic (exact) mass is 216 g/mol. The molecule has 16 heavy (non-hydrogen) atoms. The summed E-state index contributed by atoms with van der Waals surface area (Å²) < 4.78 is 6.27. The van der Waals surface area contributed by atoms with E-state index < -0.39 is 0 Å². The third kappa shape index (κ3) is 1.07. The molecule has 1 heterocycles. The summed E-state index contributed by atoms with van der Waals surface area (Å²) in [4.78, 5) is 0. The molecule has 86 valence electrons. The zero-order valence-corrected chi connectivity index (χ0v) is 10.6. The Morgan fingerprint density at radius 2 is 2.00 bits per heavy atom. The summed E-state index contributed by atoms with van der Waals surface area (Å²) in [5.74, 6) is 1.73. The second-order valence-corrected chi connectivity index (χ2v) is 6.05. The highest BCUT2D eigenvalue weighted by atomic mass is 16.5. The lowest BCUT2D eigenvalue weighted by molar-refractivity contribution is 0.0216. The van der Waals surface area contributed by atoms with Gasteiger partial charge in [0.2, 0.25) is 0 Å². The molecule has 0 aromatic heterocycles. The van der Waals surface area contributed by atoms with E-state index in [0.29, 0.717) is 11.3 Å². The molecule has 3 atom stereocenters. The van der Waals surface area contributed by atoms with Gasteiger partial charge in [0, 0.05) is 16.9 Å². The lowest BCUT2D eigenvalue weighted by atomic mass is 9.70. The lowest BCUT2D eigenvalue weighted by Crippen LogP contribution is -2.45. The third-order valence-corrected chi connectivity index (χ3v) is 5.11. The first-order valence-corrected chi connectivity index (χ1v) is 6.26. The minimum absolute atomic E-state index is 0.0511. The fraction of sp³-hybridized carbons (Fsp3) is 0.600. The number of aryl methyl sites for hydroxylation is 1. The highest BCUT2D eigenvalue weighted by Crippen LogP contribution is 2.58. The van der Waals surface area contributed by atoms with Crippen LogP contribution in [0.25, 0.3) is 0 Å². The van der Waals surface area contributed by atoms with E-state index in [9.17, 15) is 0 Å². The Morgan fingerprint density at radius 1 is 1.25 bits per heavy atom. The summed E-state index contributed by atoms with van der Waals surface area (Å²) >= 11 is 0. The highest BCUT2D eigenvalue weighted by Gasteiger charge is 2.56. The zero-order chi connectivity index (χ0) is 11.6. The standard InChI is InChI=1S/C15H20O/c1-10-5-6-12-13(9-10)16-15(4)8-7-14(12,3)11(15)2/h5-6,9,11H,7-8H2,1-4H3/t11-,14-,15+/m1/s1. The van der Waals surface area contributed by atoms with E-state index in [1.54, 1.807) is 0 Å². The van der Waals surface area contributed by atoms with Gasteiger partial charge in [-0.25, -0.2) is 0 Å². The Labute approximate surface area is 97.8 Å². The fourth-order valence-corrected chi connectivity index (χ4v) is 3.56. The van der Waals surface area contributed by atoms with Gasteiger partial charge in [0.1, 0.15) is 11.4 Å². The maximum atomic E-state index is 6.27. The van der Waals surface area contributed by atoms with Crippen LogP contribution in [0.2, 0.25) is 0 Å². The minimum Gasteiger partial charge on any atom is -0.487 e. The van der Waals surface area contributed by atoms with Gasteiger partial charge in [-0.15, -0.1) is 0 Å². The maximum absolute atomic E-state index is 6.27. The van der Waals surface area contributed by atoms with Crippen molar-refractivity contribution >= 4 is 0 Å². The van der Waals surface area contributed by atoms with Crippen molar-refractivity contribution in [3.05, 3.63) is 29.3 Å². The molecule has 1 fully saturated rings. The predicted octanol–water partition coefficient (Wildman–Crippen LogP) is 3.83. The lowest BCUT2D eigenvalue weighted by Gasteiger charge is -2.43. The molecule has 2 bridgehead atoms. The van der Waals surface area contributed by atoms with Crippen LogP contribution in [-0.2, 0) is 5.41 Å². The average molecular weight is 216 g/mol. The summed E-state index contributed by atoms with van der Waals surface area (Å²) in [5, 5.41) is 0. The largest absolute Gasteiger partial charge is 0.487 e. The van der Waals surface area contributed by atoms with Crippen LogP contribution in [0, 0.1) is 12.8 Å². The number of ether oxygens (including phenoxy) is 1. The van der Waals surface area contributed by atoms with Gasteiger partial charge < -0.3 is 4.74 Å². The number of rotatable bonds is 0. The van der Waals surface area contributed by atoms with E-state index in [1.807, 2.05) is 0 Å². The van der Waals surface area contributed by atoms with Crippen molar-refractivity contribution in [2.24, 2.45) is 5.92 Å². The van der Waals surface area contributed by atoms with Crippen molar-refractivity contribution in [2.75, 3.05) is 0 Å². The van der Waals surface area contributed by atoms with Gasteiger partial charge in [0.25, 0.3) is 0 Å². The molecule has 0 N–H and O–H groups in total. The molecule has 1 aliphatic carbocycles. The van der Waals surface area contributed by atoms with Gasteiger partial charge in [0.15, 0.2) is 0 Å². The second-order valence-electron chi connectivity index (χ2n) is 6.05. The molecule has 0 unspecified atom stereocenters. The van der Waals surface area contributed by atoms with E-state index in [-0.39, 0.29) is 5.60 Å². The quantitative estimate of drug-likeness (QED) is 0.640. The Hall–Kier alpha value is -0.980. The summed E-state index contributed by atoms with van der Waals surface area (Å²) in [6, 6.07) is 6.68. The number of benzene rings is 1. The van der Waals surface area contributed by atoms with Crippen molar-refractivity contribution in [3.63, 3.8) is 0 Å². The van der Waals surface area contributed by atoms with Gasteiger partial charge in [-0.3, -0.25) is 0 Å². The molecular weight excluding hydrogens is 196 g/mol. The molecule has 1 aromatic carbocycles. The first-order chi connectivity index (χ1) is 7.46. The summed E-state index contributed by atoms with van der Waals surface area (Å²) in [7, 11) is 0. The SMILES string of the molecule is Cc1ccc2c(c1)O[C@@]1(C)CC[C@]2(C)[C@H]1C. The molecule has 2 aliphatic rings. The minimum atomic E-state index is 0.0511. The highest BCUT2D eigenvalue weighted by molar-refractivity contribution is 5.47. The van der Waals surface area contributed by atoms with Gasteiger partial charge in [-0.05, 0) is 38.3 Å². The summed E-state index contributed by atoms with van der Waals surface area (Å²) in [6.45, 7) is 9.15. The number of fused-ring (bicyclic) bond motifs is 4. The van der Waals surface area contributed by atoms with Crippen LogP contribution in [0.5, 0.6) is 5.75 Å². The Morgan fingerprint density at radius 3 is 2.75 bits per heavy atom. The van der Waals surface area contributed by atoms with E-state index in [0.717, 1.165) is 5.75 Å². The molecule has 0 spiro atoms. The van der Waals surface area contributed by atoms with Crippen molar-refractivity contribution in [3.8, 4) is 5.75 Å². The first kappa shape index (κ1) is 10.2. The fourth-order valence-electron chi connectivity index (χ4n) is 3.56. The van der Waals surface area contributed by atoms with Crippen LogP contribution in [0.3, 0.4) is 0 Å². The first-order valence-electron chi connectivity index (χ1n) is 6.26. The smallest absolute Gasteiger partial charge is 0.124 e. The van der Waals surface area contributed by atoms with Gasteiger partial charge >= 0.3 is 0 Å². The number of hydrogen-bond acceptors (Lipinski definition) is 1. The molecule has 1 aliphatic heterocycles. The molecule has 1 heteroatoms. The molecule has 0 saturated heterocycles. The van der Waals surface area contributed by atoms with Crippen molar-refractivity contribution < 1.29 is 4.74 Å². The van der Waals surface area contributed by atoms with Crippen LogP contribution in [0.4, 0.5) is 0 Å². The maximum Gasteiger partial charge on any atom is 0.124 e.